The van der Waals surface area contributed by atoms with Crippen molar-refractivity contribution >= 4 is 11.9 Å². The third-order valence-corrected chi connectivity index (χ3v) is 13.3. The van der Waals surface area contributed by atoms with Crippen LogP contribution in [0, 0.1) is 0 Å². The van der Waals surface area contributed by atoms with Crippen molar-refractivity contribution in [3.8, 4) is 0 Å². The zero-order valence-electron chi connectivity index (χ0n) is 42.9. The highest BCUT2D eigenvalue weighted by Gasteiger charge is 2.16. The van der Waals surface area contributed by atoms with Crippen LogP contribution in [0.1, 0.15) is 328 Å². The topological polar surface area (TPSA) is 72.8 Å². The summed E-state index contributed by atoms with van der Waals surface area (Å²) >= 11 is 0. The summed E-state index contributed by atoms with van der Waals surface area (Å²) in [7, 11) is 0. The van der Waals surface area contributed by atoms with E-state index in [0.717, 1.165) is 38.5 Å². The standard InChI is InChI=1S/C58H112O5/c1-3-5-7-9-11-13-15-17-18-19-20-21-22-23-24-25-26-27-28-29-30-31-32-33-34-35-36-37-38-39-40-41-43-44-46-48-50-52-57(60)62-55-56(54-59)63-58(61)53-51-49-47-45-42-16-14-12-10-8-6-4-2/h12,14,56,59H,3-11,13,15-55H2,1-2H3/b14-12-. The number of hydrogen-bond acceptors (Lipinski definition) is 5. The molecule has 0 saturated heterocycles. The summed E-state index contributed by atoms with van der Waals surface area (Å²) in [6.45, 7) is 4.15. The molecule has 0 heterocycles. The Kier molecular flexibility index (Phi) is 53.8. The Morgan fingerprint density at radius 1 is 0.349 bits per heavy atom. The minimum Gasteiger partial charge on any atom is -0.462 e. The van der Waals surface area contributed by atoms with Gasteiger partial charge in [-0.15, -0.1) is 0 Å². The smallest absolute Gasteiger partial charge is 0.306 e. The molecular weight excluding hydrogens is 777 g/mol. The molecule has 5 nitrogen and oxygen atoms in total. The van der Waals surface area contributed by atoms with Crippen LogP contribution in [0.3, 0.4) is 0 Å². The molecule has 0 aliphatic carbocycles. The van der Waals surface area contributed by atoms with Gasteiger partial charge in [0.2, 0.25) is 0 Å². The monoisotopic (exact) mass is 889 g/mol. The number of aliphatic hydroxyl groups is 1. The van der Waals surface area contributed by atoms with E-state index in [4.69, 9.17) is 9.47 Å². The van der Waals surface area contributed by atoms with Crippen LogP contribution in [-0.4, -0.2) is 36.4 Å². The quantitative estimate of drug-likeness (QED) is 0.0374. The van der Waals surface area contributed by atoms with Crippen LogP contribution in [0.2, 0.25) is 0 Å². The first-order chi connectivity index (χ1) is 31.1. The molecule has 0 aliphatic heterocycles. The van der Waals surface area contributed by atoms with Gasteiger partial charge in [-0.25, -0.2) is 0 Å². The largest absolute Gasteiger partial charge is 0.462 e. The van der Waals surface area contributed by atoms with Crippen molar-refractivity contribution in [1.82, 2.24) is 0 Å². The second kappa shape index (κ2) is 55.0. The summed E-state index contributed by atoms with van der Waals surface area (Å²) in [6.07, 6.45) is 68.0. The van der Waals surface area contributed by atoms with Crippen molar-refractivity contribution in [1.29, 1.82) is 0 Å². The highest BCUT2D eigenvalue weighted by Crippen LogP contribution is 2.18. The van der Waals surface area contributed by atoms with Crippen molar-refractivity contribution in [2.45, 2.75) is 335 Å². The Labute approximate surface area is 394 Å². The third-order valence-electron chi connectivity index (χ3n) is 13.3. The first-order valence-corrected chi connectivity index (χ1v) is 28.7. The predicted octanol–water partition coefficient (Wildman–Crippen LogP) is 19.1. The molecule has 0 fully saturated rings. The predicted molar refractivity (Wildman–Crippen MR) is 275 cm³/mol. The summed E-state index contributed by atoms with van der Waals surface area (Å²) in [5, 5.41) is 9.60. The second-order valence-electron chi connectivity index (χ2n) is 19.7. The van der Waals surface area contributed by atoms with Crippen molar-refractivity contribution in [2.75, 3.05) is 13.2 Å². The average molecular weight is 890 g/mol. The molecule has 0 amide bonds. The van der Waals surface area contributed by atoms with E-state index in [0.29, 0.717) is 12.8 Å². The van der Waals surface area contributed by atoms with Gasteiger partial charge < -0.3 is 14.6 Å². The minimum atomic E-state index is -0.770. The Bertz CT molecular complexity index is 917. The van der Waals surface area contributed by atoms with Gasteiger partial charge in [0.1, 0.15) is 6.61 Å². The van der Waals surface area contributed by atoms with Crippen LogP contribution in [0.5, 0.6) is 0 Å². The number of esters is 2. The molecule has 0 aromatic carbocycles. The van der Waals surface area contributed by atoms with Gasteiger partial charge >= 0.3 is 11.9 Å². The molecule has 5 heteroatoms. The maximum absolute atomic E-state index is 12.2. The van der Waals surface area contributed by atoms with Crippen LogP contribution < -0.4 is 0 Å². The Morgan fingerprint density at radius 3 is 0.889 bits per heavy atom. The van der Waals surface area contributed by atoms with Crippen LogP contribution in [0.15, 0.2) is 12.2 Å². The lowest BCUT2D eigenvalue weighted by Gasteiger charge is -2.15. The van der Waals surface area contributed by atoms with Gasteiger partial charge in [0, 0.05) is 12.8 Å². The first-order valence-electron chi connectivity index (χ1n) is 28.7. The SMILES string of the molecule is CCCCC/C=C\CCCCCCCC(=O)OC(CO)COC(=O)CCCCCCCCCCCCCCCCCCCCCCCCCCCCCCCCCCCCCCC. The Balaban J connectivity index is 3.32. The fraction of sp³-hybridized carbons (Fsp3) is 0.931. The number of unbranched alkanes of at least 4 members (excludes halogenated alkanes) is 44. The van der Waals surface area contributed by atoms with E-state index in [1.807, 2.05) is 0 Å². The molecule has 0 bridgehead atoms. The number of rotatable bonds is 54. The molecule has 0 aliphatic rings. The summed E-state index contributed by atoms with van der Waals surface area (Å²) in [6, 6.07) is 0. The average Bonchev–Trinajstić information content (AvgIpc) is 3.29. The third kappa shape index (κ3) is 53.1. The number of carbonyl (C=O) groups is 2. The first kappa shape index (κ1) is 61.6. The molecule has 1 unspecified atom stereocenters. The summed E-state index contributed by atoms with van der Waals surface area (Å²) in [5.74, 6) is -0.585. The van der Waals surface area contributed by atoms with E-state index in [1.165, 1.54) is 263 Å². The summed E-state index contributed by atoms with van der Waals surface area (Å²) in [5.41, 5.74) is 0. The van der Waals surface area contributed by atoms with Crippen molar-refractivity contribution in [3.63, 3.8) is 0 Å². The van der Waals surface area contributed by atoms with E-state index >= 15 is 0 Å². The van der Waals surface area contributed by atoms with Crippen LogP contribution in [0.4, 0.5) is 0 Å². The molecule has 0 rings (SSSR count). The number of allylic oxidation sites excluding steroid dienone is 2. The number of hydrogen-bond donors (Lipinski definition) is 1. The van der Waals surface area contributed by atoms with Gasteiger partial charge in [-0.1, -0.05) is 289 Å². The molecule has 1 N–H and O–H groups in total. The highest BCUT2D eigenvalue weighted by molar-refractivity contribution is 5.70. The number of ether oxygens (including phenoxy) is 2. The van der Waals surface area contributed by atoms with E-state index in [1.54, 1.807) is 0 Å². The van der Waals surface area contributed by atoms with Gasteiger partial charge in [-0.3, -0.25) is 9.59 Å². The van der Waals surface area contributed by atoms with Gasteiger partial charge in [0.15, 0.2) is 6.10 Å². The maximum atomic E-state index is 12.2. The van der Waals surface area contributed by atoms with E-state index in [9.17, 15) is 14.7 Å². The zero-order chi connectivity index (χ0) is 45.6. The summed E-state index contributed by atoms with van der Waals surface area (Å²) < 4.78 is 10.7. The summed E-state index contributed by atoms with van der Waals surface area (Å²) in [4.78, 5) is 24.4. The fourth-order valence-corrected chi connectivity index (χ4v) is 8.97. The van der Waals surface area contributed by atoms with Gasteiger partial charge in [-0.2, -0.15) is 0 Å². The second-order valence-corrected chi connectivity index (χ2v) is 19.7. The minimum absolute atomic E-state index is 0.0627. The Morgan fingerprint density at radius 2 is 0.587 bits per heavy atom. The maximum Gasteiger partial charge on any atom is 0.306 e. The Hall–Kier alpha value is -1.36. The van der Waals surface area contributed by atoms with E-state index < -0.39 is 6.10 Å². The lowest BCUT2D eigenvalue weighted by Crippen LogP contribution is -2.28. The lowest BCUT2D eigenvalue weighted by atomic mass is 10.0. The molecular formula is C58H112O5. The molecule has 63 heavy (non-hydrogen) atoms. The number of aliphatic hydroxyl groups excluding tert-OH is 1. The number of carbonyl (C=O) groups excluding carboxylic acids is 2. The molecule has 374 valence electrons. The molecule has 0 aromatic rings. The van der Waals surface area contributed by atoms with Crippen molar-refractivity contribution in [2.24, 2.45) is 0 Å². The van der Waals surface area contributed by atoms with Crippen LogP contribution in [0.25, 0.3) is 0 Å². The van der Waals surface area contributed by atoms with Crippen LogP contribution >= 0.6 is 0 Å². The normalized spacial score (nSPS) is 12.1. The molecule has 0 saturated carbocycles. The van der Waals surface area contributed by atoms with E-state index in [2.05, 4.69) is 26.0 Å². The van der Waals surface area contributed by atoms with E-state index in [-0.39, 0.29) is 25.2 Å². The molecule has 1 atom stereocenters. The molecule has 0 radical (unpaired) electrons. The van der Waals surface area contributed by atoms with Gasteiger partial charge in [-0.05, 0) is 38.5 Å². The van der Waals surface area contributed by atoms with Crippen LogP contribution in [-0.2, 0) is 19.1 Å². The fourth-order valence-electron chi connectivity index (χ4n) is 8.97. The van der Waals surface area contributed by atoms with Crippen molar-refractivity contribution in [3.05, 3.63) is 12.2 Å². The highest BCUT2D eigenvalue weighted by atomic mass is 16.6. The van der Waals surface area contributed by atoms with Gasteiger partial charge in [0.05, 0.1) is 6.61 Å². The zero-order valence-corrected chi connectivity index (χ0v) is 42.9. The van der Waals surface area contributed by atoms with Gasteiger partial charge in [0.25, 0.3) is 0 Å². The molecule has 0 spiro atoms. The molecule has 0 aromatic heterocycles. The van der Waals surface area contributed by atoms with Crippen molar-refractivity contribution < 1.29 is 24.2 Å². The lowest BCUT2D eigenvalue weighted by molar-refractivity contribution is -0.161.